The van der Waals surface area contributed by atoms with Crippen LogP contribution in [0.15, 0.2) is 24.5 Å². The number of amides is 1. The molecule has 2 atom stereocenters. The number of carbonyl (C=O) groups excluding carboxylic acids is 1. The summed E-state index contributed by atoms with van der Waals surface area (Å²) in [4.78, 5) is 20.5. The highest BCUT2D eigenvalue weighted by Crippen LogP contribution is 2.29. The fourth-order valence-electron chi connectivity index (χ4n) is 4.00. The van der Waals surface area contributed by atoms with Gasteiger partial charge in [-0.3, -0.25) is 14.7 Å². The molecular weight excluding hydrogens is 338 g/mol. The molecule has 0 radical (unpaired) electrons. The van der Waals surface area contributed by atoms with Gasteiger partial charge in [0.15, 0.2) is 9.84 Å². The molecule has 2 aliphatic heterocycles. The summed E-state index contributed by atoms with van der Waals surface area (Å²) >= 11 is 0. The molecule has 2 saturated heterocycles. The van der Waals surface area contributed by atoms with E-state index in [4.69, 9.17) is 0 Å². The minimum atomic E-state index is -3.09. The maximum Gasteiger partial charge on any atom is 0.222 e. The third-order valence-corrected chi connectivity index (χ3v) is 7.55. The van der Waals surface area contributed by atoms with Crippen molar-refractivity contribution in [2.24, 2.45) is 0 Å². The molecule has 3 rings (SSSR count). The summed E-state index contributed by atoms with van der Waals surface area (Å²) in [7, 11) is -3.09. The highest BCUT2D eigenvalue weighted by molar-refractivity contribution is 7.92. The molecule has 2 aliphatic rings. The fourth-order valence-corrected chi connectivity index (χ4v) is 6.05. The average molecular weight is 365 g/mol. The Morgan fingerprint density at radius 3 is 2.80 bits per heavy atom. The van der Waals surface area contributed by atoms with Crippen LogP contribution in [0.4, 0.5) is 0 Å². The second-order valence-electron chi connectivity index (χ2n) is 7.01. The minimum absolute atomic E-state index is 0.0154. The van der Waals surface area contributed by atoms with Gasteiger partial charge in [-0.05, 0) is 30.9 Å². The summed E-state index contributed by atoms with van der Waals surface area (Å²) in [5, 5.41) is -0.364. The number of carbonyl (C=O) groups is 1. The molecule has 1 aromatic rings. The first kappa shape index (κ1) is 18.3. The molecule has 1 aromatic heterocycles. The van der Waals surface area contributed by atoms with Gasteiger partial charge in [-0.15, -0.1) is 0 Å². The van der Waals surface area contributed by atoms with Gasteiger partial charge in [-0.1, -0.05) is 13.0 Å². The number of aromatic nitrogens is 1. The van der Waals surface area contributed by atoms with Crippen molar-refractivity contribution in [3.8, 4) is 0 Å². The summed E-state index contributed by atoms with van der Waals surface area (Å²) in [6, 6.07) is 3.92. The van der Waals surface area contributed by atoms with Gasteiger partial charge >= 0.3 is 0 Å². The van der Waals surface area contributed by atoms with Crippen molar-refractivity contribution >= 4 is 15.7 Å². The number of hydrogen-bond acceptors (Lipinski definition) is 5. The number of likely N-dealkylation sites (tertiary alicyclic amines) is 1. The summed E-state index contributed by atoms with van der Waals surface area (Å²) < 4.78 is 25.3. The predicted octanol–water partition coefficient (Wildman–Crippen LogP) is 1.47. The Bertz CT molecular complexity index is 693. The predicted molar refractivity (Wildman–Crippen MR) is 96.7 cm³/mol. The fraction of sp³-hybridized carbons (Fsp3) is 0.667. The Hall–Kier alpha value is -1.47. The normalized spacial score (nSPS) is 26.7. The molecule has 0 aromatic carbocycles. The van der Waals surface area contributed by atoms with Crippen molar-refractivity contribution in [2.45, 2.75) is 50.4 Å². The van der Waals surface area contributed by atoms with Gasteiger partial charge in [0, 0.05) is 51.0 Å². The van der Waals surface area contributed by atoms with Gasteiger partial charge in [-0.25, -0.2) is 8.42 Å². The lowest BCUT2D eigenvalue weighted by Crippen LogP contribution is -2.54. The first-order valence-electron chi connectivity index (χ1n) is 9.13. The van der Waals surface area contributed by atoms with E-state index in [0.29, 0.717) is 39.0 Å². The highest BCUT2D eigenvalue weighted by atomic mass is 32.2. The molecular formula is C18H27N3O3S. The monoisotopic (exact) mass is 365 g/mol. The molecule has 0 bridgehead atoms. The van der Waals surface area contributed by atoms with E-state index in [1.807, 2.05) is 30.2 Å². The van der Waals surface area contributed by atoms with Gasteiger partial charge < -0.3 is 4.90 Å². The molecule has 3 heterocycles. The molecule has 7 heteroatoms. The van der Waals surface area contributed by atoms with E-state index < -0.39 is 9.84 Å². The topological polar surface area (TPSA) is 70.6 Å². The number of rotatable bonds is 4. The van der Waals surface area contributed by atoms with E-state index in [9.17, 15) is 13.2 Å². The van der Waals surface area contributed by atoms with Crippen molar-refractivity contribution in [2.75, 3.05) is 25.4 Å². The van der Waals surface area contributed by atoms with Crippen LogP contribution >= 0.6 is 0 Å². The Balaban J connectivity index is 1.77. The third-order valence-electron chi connectivity index (χ3n) is 5.33. The zero-order valence-electron chi connectivity index (χ0n) is 14.8. The molecule has 138 valence electrons. The van der Waals surface area contributed by atoms with Gasteiger partial charge in [0.2, 0.25) is 5.91 Å². The van der Waals surface area contributed by atoms with Crippen molar-refractivity contribution < 1.29 is 13.2 Å². The van der Waals surface area contributed by atoms with E-state index in [0.717, 1.165) is 18.4 Å². The quantitative estimate of drug-likeness (QED) is 0.808. The van der Waals surface area contributed by atoms with Crippen molar-refractivity contribution in [1.29, 1.82) is 0 Å². The van der Waals surface area contributed by atoms with Crippen molar-refractivity contribution in [3.63, 3.8) is 0 Å². The summed E-state index contributed by atoms with van der Waals surface area (Å²) in [6.45, 7) is 4.48. The van der Waals surface area contributed by atoms with E-state index in [2.05, 4.69) is 9.88 Å². The molecule has 1 amide bonds. The average Bonchev–Trinajstić information content (AvgIpc) is 2.83. The Morgan fingerprint density at radius 1 is 1.28 bits per heavy atom. The molecule has 0 aliphatic carbocycles. The van der Waals surface area contributed by atoms with Crippen molar-refractivity contribution in [3.05, 3.63) is 30.1 Å². The molecule has 2 fully saturated rings. The van der Waals surface area contributed by atoms with Crippen LogP contribution in [-0.2, 0) is 21.2 Å². The van der Waals surface area contributed by atoms with E-state index >= 15 is 0 Å². The maximum absolute atomic E-state index is 12.6. The first-order valence-corrected chi connectivity index (χ1v) is 10.8. The second-order valence-corrected chi connectivity index (χ2v) is 9.35. The molecule has 25 heavy (non-hydrogen) atoms. The number of nitrogens with zero attached hydrogens (tertiary/aromatic N) is 3. The van der Waals surface area contributed by atoms with Crippen LogP contribution in [0, 0.1) is 0 Å². The zero-order chi connectivity index (χ0) is 17.9. The van der Waals surface area contributed by atoms with Crippen LogP contribution in [0.2, 0.25) is 0 Å². The summed E-state index contributed by atoms with van der Waals surface area (Å²) in [6.07, 6.45) is 6.22. The number of fused-ring (bicyclic) bond motifs is 1. The number of pyridine rings is 1. The van der Waals surface area contributed by atoms with Crippen LogP contribution in [0.5, 0.6) is 0 Å². The van der Waals surface area contributed by atoms with Gasteiger partial charge in [0.1, 0.15) is 0 Å². The molecule has 6 nitrogen and oxygen atoms in total. The highest BCUT2D eigenvalue weighted by Gasteiger charge is 2.43. The number of hydrogen-bond donors (Lipinski definition) is 0. The Labute approximate surface area is 150 Å². The second kappa shape index (κ2) is 7.83. The van der Waals surface area contributed by atoms with Crippen LogP contribution < -0.4 is 0 Å². The smallest absolute Gasteiger partial charge is 0.222 e. The van der Waals surface area contributed by atoms with Gasteiger partial charge in [0.05, 0.1) is 11.0 Å². The Kier molecular flexibility index (Phi) is 5.74. The van der Waals surface area contributed by atoms with Crippen LogP contribution in [0.3, 0.4) is 0 Å². The maximum atomic E-state index is 12.6. The largest absolute Gasteiger partial charge is 0.343 e. The SMILES string of the molecule is CCCC(=O)N1CC[C@@H]2[C@H](CC1)N(Cc1cccnc1)CCS2(=O)=O. The van der Waals surface area contributed by atoms with Crippen molar-refractivity contribution in [1.82, 2.24) is 14.8 Å². The summed E-state index contributed by atoms with van der Waals surface area (Å²) in [5.74, 6) is 0.356. The third kappa shape index (κ3) is 4.20. The molecule has 0 unspecified atom stereocenters. The van der Waals surface area contributed by atoms with E-state index in [1.54, 1.807) is 6.20 Å². The summed E-state index contributed by atoms with van der Waals surface area (Å²) in [5.41, 5.74) is 1.10. The lowest BCUT2D eigenvalue weighted by molar-refractivity contribution is -0.131. The lowest BCUT2D eigenvalue weighted by Gasteiger charge is -2.40. The first-order chi connectivity index (χ1) is 12.0. The van der Waals surface area contributed by atoms with Gasteiger partial charge in [0.25, 0.3) is 0 Å². The molecule has 0 N–H and O–H groups in total. The van der Waals surface area contributed by atoms with Crippen LogP contribution in [-0.4, -0.2) is 65.8 Å². The Morgan fingerprint density at radius 2 is 2.08 bits per heavy atom. The van der Waals surface area contributed by atoms with Crippen LogP contribution in [0.1, 0.15) is 38.2 Å². The van der Waals surface area contributed by atoms with E-state index in [1.165, 1.54) is 0 Å². The van der Waals surface area contributed by atoms with E-state index in [-0.39, 0.29) is 23.0 Å². The number of sulfone groups is 1. The molecule has 0 spiro atoms. The molecule has 0 saturated carbocycles. The zero-order valence-corrected chi connectivity index (χ0v) is 15.6. The van der Waals surface area contributed by atoms with Crippen LogP contribution in [0.25, 0.3) is 0 Å². The van der Waals surface area contributed by atoms with Gasteiger partial charge in [-0.2, -0.15) is 0 Å². The minimum Gasteiger partial charge on any atom is -0.343 e. The lowest BCUT2D eigenvalue weighted by atomic mass is 10.1. The standard InChI is InChI=1S/C18H27N3O3S/c1-2-4-18(22)20-9-6-16-17(7-10-20)25(23,24)12-11-21(16)14-15-5-3-8-19-13-15/h3,5,8,13,16-17H,2,4,6-7,9-12,14H2,1H3/t16-,17+/m0/s1.